The summed E-state index contributed by atoms with van der Waals surface area (Å²) in [6, 6.07) is 13.0. The van der Waals surface area contributed by atoms with E-state index in [1.807, 2.05) is 25.1 Å². The number of ether oxygens (including phenoxy) is 1. The van der Waals surface area contributed by atoms with Crippen LogP contribution < -0.4 is 0 Å². The van der Waals surface area contributed by atoms with E-state index in [-0.39, 0.29) is 12.1 Å². The van der Waals surface area contributed by atoms with Gasteiger partial charge in [-0.05, 0) is 91.7 Å². The molecule has 0 heterocycles. The average Bonchev–Trinajstić information content (AvgIpc) is 2.87. The van der Waals surface area contributed by atoms with Crippen LogP contribution in [0, 0.1) is 11.8 Å². The molecule has 1 saturated carbocycles. The number of carbonyl (C=O) groups excluding carboxylic acids is 1. The lowest BCUT2D eigenvalue weighted by Gasteiger charge is -2.29. The largest absolute Gasteiger partial charge is 0.478 e. The molecule has 0 aromatic heterocycles. The van der Waals surface area contributed by atoms with E-state index in [0.717, 1.165) is 43.6 Å². The van der Waals surface area contributed by atoms with Gasteiger partial charge in [-0.3, -0.25) is 0 Å². The molecule has 0 bridgehead atoms. The molecular weight excluding hydrogens is 436 g/mol. The fourth-order valence-corrected chi connectivity index (χ4v) is 5.61. The van der Waals surface area contributed by atoms with E-state index < -0.39 is 5.97 Å². The Morgan fingerprint density at radius 2 is 1.63 bits per heavy atom. The molecule has 4 nitrogen and oxygen atoms in total. The third-order valence-corrected chi connectivity index (χ3v) is 7.85. The first-order chi connectivity index (χ1) is 16.9. The summed E-state index contributed by atoms with van der Waals surface area (Å²) in [5.41, 5.74) is 3.53. The number of esters is 1. The minimum Gasteiger partial charge on any atom is -0.478 e. The van der Waals surface area contributed by atoms with Gasteiger partial charge in [0, 0.05) is 0 Å². The second kappa shape index (κ2) is 12.9. The van der Waals surface area contributed by atoms with Gasteiger partial charge in [-0.1, -0.05) is 70.7 Å². The Kier molecular flexibility index (Phi) is 9.94. The van der Waals surface area contributed by atoms with Crippen LogP contribution in [-0.4, -0.2) is 23.1 Å². The first-order valence-corrected chi connectivity index (χ1v) is 13.5. The van der Waals surface area contributed by atoms with Gasteiger partial charge in [0.2, 0.25) is 0 Å². The van der Waals surface area contributed by atoms with E-state index in [0.29, 0.717) is 28.5 Å². The van der Waals surface area contributed by atoms with Crippen molar-refractivity contribution < 1.29 is 19.4 Å². The summed E-state index contributed by atoms with van der Waals surface area (Å²) < 4.78 is 5.67. The zero-order valence-corrected chi connectivity index (χ0v) is 21.9. The molecule has 2 aromatic carbocycles. The molecule has 2 aromatic rings. The molecule has 0 radical (unpaired) electrons. The lowest BCUT2D eigenvalue weighted by Crippen LogP contribution is -2.18. The molecule has 0 saturated heterocycles. The van der Waals surface area contributed by atoms with E-state index >= 15 is 0 Å². The van der Waals surface area contributed by atoms with Gasteiger partial charge < -0.3 is 9.84 Å². The van der Waals surface area contributed by atoms with Crippen molar-refractivity contribution in [1.82, 2.24) is 0 Å². The van der Waals surface area contributed by atoms with Crippen LogP contribution in [0.4, 0.5) is 0 Å². The minimum absolute atomic E-state index is 0.130. The monoisotopic (exact) mass is 478 g/mol. The molecule has 0 spiro atoms. The predicted molar refractivity (Wildman–Crippen MR) is 142 cm³/mol. The van der Waals surface area contributed by atoms with Gasteiger partial charge in [-0.2, -0.15) is 0 Å². The van der Waals surface area contributed by atoms with Gasteiger partial charge in [0.05, 0.1) is 17.2 Å². The third-order valence-electron chi connectivity index (χ3n) is 7.85. The number of benzene rings is 2. The Bertz CT molecular complexity index is 966. The van der Waals surface area contributed by atoms with Crippen molar-refractivity contribution in [2.45, 2.75) is 97.5 Å². The summed E-state index contributed by atoms with van der Waals surface area (Å²) in [6.07, 6.45) is 10.3. The van der Waals surface area contributed by atoms with Crippen molar-refractivity contribution in [2.75, 3.05) is 0 Å². The summed E-state index contributed by atoms with van der Waals surface area (Å²) in [7, 11) is 0. The van der Waals surface area contributed by atoms with Crippen LogP contribution in [-0.2, 0) is 4.74 Å². The van der Waals surface area contributed by atoms with Crippen molar-refractivity contribution in [2.24, 2.45) is 11.8 Å². The quantitative estimate of drug-likeness (QED) is 0.329. The highest BCUT2D eigenvalue weighted by molar-refractivity contribution is 5.97. The van der Waals surface area contributed by atoms with Gasteiger partial charge in [-0.25, -0.2) is 9.59 Å². The number of carboxylic acids is 1. The Morgan fingerprint density at radius 3 is 2.20 bits per heavy atom. The van der Waals surface area contributed by atoms with Crippen LogP contribution in [0.2, 0.25) is 0 Å². The van der Waals surface area contributed by atoms with Gasteiger partial charge in [0.15, 0.2) is 0 Å². The highest BCUT2D eigenvalue weighted by Gasteiger charge is 2.24. The number of rotatable bonds is 11. The molecule has 0 amide bonds. The third kappa shape index (κ3) is 7.19. The van der Waals surface area contributed by atoms with Crippen LogP contribution in [0.15, 0.2) is 42.5 Å². The summed E-state index contributed by atoms with van der Waals surface area (Å²) in [5.74, 6) is 0.612. The summed E-state index contributed by atoms with van der Waals surface area (Å²) >= 11 is 0. The lowest BCUT2D eigenvalue weighted by molar-refractivity contribution is 0.0285. The van der Waals surface area contributed by atoms with Crippen LogP contribution in [0.3, 0.4) is 0 Å². The van der Waals surface area contributed by atoms with E-state index in [4.69, 9.17) is 4.74 Å². The van der Waals surface area contributed by atoms with Crippen molar-refractivity contribution in [3.8, 4) is 11.1 Å². The minimum atomic E-state index is -0.933. The highest BCUT2D eigenvalue weighted by atomic mass is 16.5. The second-order valence-electron chi connectivity index (χ2n) is 10.3. The van der Waals surface area contributed by atoms with Crippen molar-refractivity contribution in [1.29, 1.82) is 0 Å². The topological polar surface area (TPSA) is 63.6 Å². The fraction of sp³-hybridized carbons (Fsp3) is 0.548. The highest BCUT2D eigenvalue weighted by Crippen LogP contribution is 2.39. The standard InChI is InChI=1S/C31H42O4/c1-5-8-23-9-11-24(12-10-23)27-17-18-28(30(32)33)29(20-27)25-13-15-26(16-14-25)31(34)35-21(4)19-22(6-2)7-3/h13-18,20-24H,5-12,19H2,1-4H3,(H,32,33)/t21-,23-,24-/m1/s1. The summed E-state index contributed by atoms with van der Waals surface area (Å²) in [4.78, 5) is 24.6. The maximum absolute atomic E-state index is 12.7. The van der Waals surface area contributed by atoms with Gasteiger partial charge >= 0.3 is 11.9 Å². The zero-order chi connectivity index (χ0) is 25.4. The number of carbonyl (C=O) groups is 2. The number of hydrogen-bond donors (Lipinski definition) is 1. The smallest absolute Gasteiger partial charge is 0.338 e. The summed E-state index contributed by atoms with van der Waals surface area (Å²) in [6.45, 7) is 8.53. The summed E-state index contributed by atoms with van der Waals surface area (Å²) in [5, 5.41) is 9.80. The molecule has 35 heavy (non-hydrogen) atoms. The maximum atomic E-state index is 12.7. The van der Waals surface area contributed by atoms with Crippen LogP contribution >= 0.6 is 0 Å². The Labute approximate surface area is 211 Å². The Balaban J connectivity index is 1.75. The van der Waals surface area contributed by atoms with Crippen LogP contribution in [0.5, 0.6) is 0 Å². The normalized spacial score (nSPS) is 18.9. The maximum Gasteiger partial charge on any atom is 0.338 e. The SMILES string of the molecule is CCC[C@H]1CC[C@H](c2ccc(C(=O)O)c(-c3ccc(C(=O)O[C@H](C)CC(CC)CC)cc3)c2)CC1. The first-order valence-electron chi connectivity index (χ1n) is 13.5. The van der Waals surface area contributed by atoms with E-state index in [2.05, 4.69) is 26.8 Å². The number of hydrogen-bond acceptors (Lipinski definition) is 3. The van der Waals surface area contributed by atoms with E-state index in [1.54, 1.807) is 18.2 Å². The zero-order valence-electron chi connectivity index (χ0n) is 21.9. The van der Waals surface area contributed by atoms with Gasteiger partial charge in [0.1, 0.15) is 0 Å². The molecule has 4 heteroatoms. The molecule has 1 fully saturated rings. The molecule has 1 atom stereocenters. The molecule has 190 valence electrons. The van der Waals surface area contributed by atoms with Crippen molar-refractivity contribution >= 4 is 11.9 Å². The van der Waals surface area contributed by atoms with Gasteiger partial charge in [0.25, 0.3) is 0 Å². The van der Waals surface area contributed by atoms with Crippen LogP contribution in [0.25, 0.3) is 11.1 Å². The Morgan fingerprint density at radius 1 is 0.971 bits per heavy atom. The van der Waals surface area contributed by atoms with Gasteiger partial charge in [-0.15, -0.1) is 0 Å². The van der Waals surface area contributed by atoms with E-state index in [9.17, 15) is 14.7 Å². The molecular formula is C31H42O4. The van der Waals surface area contributed by atoms with Crippen LogP contribution in [0.1, 0.15) is 118 Å². The molecule has 1 aliphatic rings. The second-order valence-corrected chi connectivity index (χ2v) is 10.3. The predicted octanol–water partition coefficient (Wildman–Crippen LogP) is 8.50. The number of carboxylic acid groups (broad SMARTS) is 1. The van der Waals surface area contributed by atoms with Crippen molar-refractivity contribution in [3.63, 3.8) is 0 Å². The molecule has 0 aliphatic heterocycles. The molecule has 1 N–H and O–H groups in total. The Hall–Kier alpha value is -2.62. The van der Waals surface area contributed by atoms with Crippen molar-refractivity contribution in [3.05, 3.63) is 59.2 Å². The average molecular weight is 479 g/mol. The number of aromatic carboxylic acids is 1. The fourth-order valence-electron chi connectivity index (χ4n) is 5.61. The molecule has 3 rings (SSSR count). The molecule has 0 unspecified atom stereocenters. The lowest BCUT2D eigenvalue weighted by atomic mass is 9.76. The van der Waals surface area contributed by atoms with E-state index in [1.165, 1.54) is 31.2 Å². The first kappa shape index (κ1) is 27.0. The molecule has 1 aliphatic carbocycles.